The van der Waals surface area contributed by atoms with Gasteiger partial charge in [-0.15, -0.1) is 0 Å². The summed E-state index contributed by atoms with van der Waals surface area (Å²) in [6.45, 7) is 4.22. The summed E-state index contributed by atoms with van der Waals surface area (Å²) in [4.78, 5) is 11.8. The highest BCUT2D eigenvalue weighted by atomic mass is 16.1. The monoisotopic (exact) mass is 267 g/mol. The number of benzene rings is 2. The Balaban J connectivity index is 2.40. The average molecular weight is 267 g/mol. The predicted octanol–water partition coefficient (Wildman–Crippen LogP) is 3.57. The van der Waals surface area contributed by atoms with Crippen LogP contribution in [0.25, 0.3) is 0 Å². The molecule has 1 N–H and O–H groups in total. The highest BCUT2D eigenvalue weighted by molar-refractivity contribution is 5.77. The van der Waals surface area contributed by atoms with Crippen molar-refractivity contribution in [1.29, 1.82) is 0 Å². The molecule has 0 aliphatic carbocycles. The van der Waals surface area contributed by atoms with E-state index < -0.39 is 0 Å². The lowest BCUT2D eigenvalue weighted by atomic mass is 9.87. The molecule has 0 bridgehead atoms. The Kier molecular flexibility index (Phi) is 4.57. The zero-order chi connectivity index (χ0) is 14.5. The van der Waals surface area contributed by atoms with Gasteiger partial charge in [-0.1, -0.05) is 48.5 Å². The number of aryl methyl sites for hydroxylation is 2. The van der Waals surface area contributed by atoms with Crippen LogP contribution >= 0.6 is 0 Å². The first-order valence-electron chi connectivity index (χ1n) is 6.94. The van der Waals surface area contributed by atoms with E-state index in [9.17, 15) is 4.79 Å². The van der Waals surface area contributed by atoms with Crippen LogP contribution in [0.15, 0.2) is 48.5 Å². The van der Waals surface area contributed by atoms with Gasteiger partial charge in [0.25, 0.3) is 0 Å². The summed E-state index contributed by atoms with van der Waals surface area (Å²) in [5.74, 6) is 0.174. The molecular weight excluding hydrogens is 246 g/mol. The lowest BCUT2D eigenvalue weighted by Gasteiger charge is -2.18. The summed E-state index contributed by atoms with van der Waals surface area (Å²) in [5.41, 5.74) is 4.92. The molecule has 104 valence electrons. The van der Waals surface area contributed by atoms with Crippen LogP contribution in [0.2, 0.25) is 0 Å². The number of rotatable bonds is 4. The lowest BCUT2D eigenvalue weighted by Crippen LogP contribution is -2.21. The number of nitrogens with one attached hydrogen (secondary N) is 1. The molecule has 0 heterocycles. The van der Waals surface area contributed by atoms with E-state index in [1.165, 1.54) is 22.3 Å². The standard InChI is InChI=1S/C18H21NO/c1-13-9-10-16(11-14(13)2)17(12-18(20)19-3)15-7-5-4-6-8-15/h4-11,17H,12H2,1-3H3,(H,19,20). The molecule has 0 aliphatic rings. The molecule has 2 aromatic rings. The maximum absolute atomic E-state index is 11.8. The number of hydrogen-bond donors (Lipinski definition) is 1. The maximum atomic E-state index is 11.8. The molecule has 2 nitrogen and oxygen atoms in total. The number of amides is 1. The first-order chi connectivity index (χ1) is 9.61. The molecule has 0 saturated carbocycles. The van der Waals surface area contributed by atoms with E-state index in [2.05, 4.69) is 49.5 Å². The Morgan fingerprint density at radius 1 is 1.00 bits per heavy atom. The van der Waals surface area contributed by atoms with Gasteiger partial charge < -0.3 is 5.32 Å². The third-order valence-corrected chi connectivity index (χ3v) is 3.80. The summed E-state index contributed by atoms with van der Waals surface area (Å²) in [6.07, 6.45) is 0.475. The van der Waals surface area contributed by atoms with E-state index in [4.69, 9.17) is 0 Å². The van der Waals surface area contributed by atoms with Crippen LogP contribution in [0.1, 0.15) is 34.6 Å². The van der Waals surface area contributed by atoms with Crippen LogP contribution < -0.4 is 5.32 Å². The first kappa shape index (κ1) is 14.3. The maximum Gasteiger partial charge on any atom is 0.220 e. The van der Waals surface area contributed by atoms with Crippen molar-refractivity contribution in [1.82, 2.24) is 5.32 Å². The molecule has 0 spiro atoms. The lowest BCUT2D eigenvalue weighted by molar-refractivity contribution is -0.120. The average Bonchev–Trinajstić information content (AvgIpc) is 2.48. The molecule has 20 heavy (non-hydrogen) atoms. The van der Waals surface area contributed by atoms with Crippen molar-refractivity contribution in [2.24, 2.45) is 0 Å². The van der Waals surface area contributed by atoms with Crippen molar-refractivity contribution in [2.75, 3.05) is 7.05 Å². The van der Waals surface area contributed by atoms with Gasteiger partial charge in [-0.25, -0.2) is 0 Å². The van der Waals surface area contributed by atoms with Crippen LogP contribution in [0.4, 0.5) is 0 Å². The van der Waals surface area contributed by atoms with Crippen LogP contribution in [0.3, 0.4) is 0 Å². The summed E-state index contributed by atoms with van der Waals surface area (Å²) >= 11 is 0. The minimum absolute atomic E-state index is 0.0667. The van der Waals surface area contributed by atoms with Crippen molar-refractivity contribution in [3.05, 3.63) is 70.8 Å². The Labute approximate surface area is 120 Å². The minimum atomic E-state index is 0.0667. The molecule has 1 amide bonds. The molecule has 0 saturated heterocycles. The summed E-state index contributed by atoms with van der Waals surface area (Å²) < 4.78 is 0. The van der Waals surface area contributed by atoms with Gasteiger partial charge in [0.2, 0.25) is 5.91 Å². The van der Waals surface area contributed by atoms with E-state index in [1.807, 2.05) is 18.2 Å². The van der Waals surface area contributed by atoms with Gasteiger partial charge in [0.15, 0.2) is 0 Å². The highest BCUT2D eigenvalue weighted by Gasteiger charge is 2.17. The van der Waals surface area contributed by atoms with Crippen molar-refractivity contribution in [3.8, 4) is 0 Å². The van der Waals surface area contributed by atoms with Crippen molar-refractivity contribution < 1.29 is 4.79 Å². The fourth-order valence-electron chi connectivity index (χ4n) is 2.38. The van der Waals surface area contributed by atoms with Crippen molar-refractivity contribution in [3.63, 3.8) is 0 Å². The zero-order valence-corrected chi connectivity index (χ0v) is 12.3. The third kappa shape index (κ3) is 3.27. The van der Waals surface area contributed by atoms with Crippen LogP contribution in [-0.4, -0.2) is 13.0 Å². The van der Waals surface area contributed by atoms with Crippen molar-refractivity contribution in [2.45, 2.75) is 26.2 Å². The first-order valence-corrected chi connectivity index (χ1v) is 6.94. The molecule has 1 unspecified atom stereocenters. The SMILES string of the molecule is CNC(=O)CC(c1ccccc1)c1ccc(C)c(C)c1. The van der Waals surface area contributed by atoms with Gasteiger partial charge >= 0.3 is 0 Å². The normalized spacial score (nSPS) is 11.9. The van der Waals surface area contributed by atoms with Crippen LogP contribution in [-0.2, 0) is 4.79 Å². The molecular formula is C18H21NO. The number of hydrogen-bond acceptors (Lipinski definition) is 1. The predicted molar refractivity (Wildman–Crippen MR) is 82.9 cm³/mol. The fraction of sp³-hybridized carbons (Fsp3) is 0.278. The topological polar surface area (TPSA) is 29.1 Å². The Morgan fingerprint density at radius 3 is 2.30 bits per heavy atom. The Bertz CT molecular complexity index is 590. The second-order valence-electron chi connectivity index (χ2n) is 5.18. The van der Waals surface area contributed by atoms with Gasteiger partial charge in [0, 0.05) is 19.4 Å². The largest absolute Gasteiger partial charge is 0.359 e. The molecule has 0 fully saturated rings. The van der Waals surface area contributed by atoms with Crippen LogP contribution in [0.5, 0.6) is 0 Å². The second kappa shape index (κ2) is 6.38. The molecule has 2 rings (SSSR count). The Morgan fingerprint density at radius 2 is 1.70 bits per heavy atom. The highest BCUT2D eigenvalue weighted by Crippen LogP contribution is 2.29. The molecule has 1 atom stereocenters. The second-order valence-corrected chi connectivity index (χ2v) is 5.18. The number of carbonyl (C=O) groups is 1. The van der Waals surface area contributed by atoms with Gasteiger partial charge in [-0.05, 0) is 36.1 Å². The number of carbonyl (C=O) groups excluding carboxylic acids is 1. The fourth-order valence-corrected chi connectivity index (χ4v) is 2.38. The van der Waals surface area contributed by atoms with Gasteiger partial charge in [0.05, 0.1) is 0 Å². The molecule has 2 aromatic carbocycles. The van der Waals surface area contributed by atoms with Crippen LogP contribution in [0, 0.1) is 13.8 Å². The van der Waals surface area contributed by atoms with Gasteiger partial charge in [-0.2, -0.15) is 0 Å². The van der Waals surface area contributed by atoms with Gasteiger partial charge in [0.1, 0.15) is 0 Å². The molecule has 0 radical (unpaired) electrons. The summed E-state index contributed by atoms with van der Waals surface area (Å²) in [5, 5.41) is 2.72. The van der Waals surface area contributed by atoms with Gasteiger partial charge in [-0.3, -0.25) is 4.79 Å². The molecule has 0 aromatic heterocycles. The summed E-state index contributed by atoms with van der Waals surface area (Å²) in [7, 11) is 1.69. The quantitative estimate of drug-likeness (QED) is 0.901. The smallest absolute Gasteiger partial charge is 0.220 e. The zero-order valence-electron chi connectivity index (χ0n) is 12.3. The van der Waals surface area contributed by atoms with Crippen molar-refractivity contribution >= 4 is 5.91 Å². The Hall–Kier alpha value is -2.09. The molecule has 2 heteroatoms. The van der Waals surface area contributed by atoms with E-state index in [0.29, 0.717) is 6.42 Å². The van der Waals surface area contributed by atoms with E-state index >= 15 is 0 Å². The summed E-state index contributed by atoms with van der Waals surface area (Å²) in [6, 6.07) is 16.7. The van der Waals surface area contributed by atoms with E-state index in [-0.39, 0.29) is 11.8 Å². The third-order valence-electron chi connectivity index (χ3n) is 3.80. The molecule has 0 aliphatic heterocycles. The minimum Gasteiger partial charge on any atom is -0.359 e. The van der Waals surface area contributed by atoms with E-state index in [1.54, 1.807) is 7.05 Å². The van der Waals surface area contributed by atoms with E-state index in [0.717, 1.165) is 0 Å².